The Bertz CT molecular complexity index is 669. The molecule has 1 aromatic heterocycles. The first-order valence-electron chi connectivity index (χ1n) is 7.60. The standard InChI is InChI=1S/C19H23N3S/c1-15-5-8-17(9-6-15)10-7-16(2)22(19(21)11-12-20)14-18-4-3-13-23-18/h3-6,8-9,11-13,21H,2,7,10,14,20H2,1H3. The van der Waals surface area contributed by atoms with Crippen molar-refractivity contribution in [3.63, 3.8) is 0 Å². The molecule has 2 aromatic rings. The third kappa shape index (κ3) is 5.11. The number of nitrogens with zero attached hydrogens (tertiary/aromatic N) is 1. The molecule has 1 aromatic carbocycles. The summed E-state index contributed by atoms with van der Waals surface area (Å²) in [5.41, 5.74) is 8.93. The van der Waals surface area contributed by atoms with E-state index in [0.717, 1.165) is 18.5 Å². The van der Waals surface area contributed by atoms with Gasteiger partial charge in [0.05, 0.1) is 6.54 Å². The van der Waals surface area contributed by atoms with Gasteiger partial charge in [0.15, 0.2) is 0 Å². The van der Waals surface area contributed by atoms with Gasteiger partial charge in [-0.05, 0) is 49.1 Å². The molecule has 0 aliphatic rings. The monoisotopic (exact) mass is 325 g/mol. The topological polar surface area (TPSA) is 53.1 Å². The molecule has 0 radical (unpaired) electrons. The Morgan fingerprint density at radius 1 is 1.30 bits per heavy atom. The van der Waals surface area contributed by atoms with Crippen LogP contribution in [-0.2, 0) is 13.0 Å². The summed E-state index contributed by atoms with van der Waals surface area (Å²) in [5.74, 6) is 0.370. The van der Waals surface area contributed by atoms with E-state index >= 15 is 0 Å². The molecule has 0 saturated heterocycles. The van der Waals surface area contributed by atoms with E-state index in [-0.39, 0.29) is 0 Å². The van der Waals surface area contributed by atoms with Gasteiger partial charge in [-0.25, -0.2) is 0 Å². The summed E-state index contributed by atoms with van der Waals surface area (Å²) < 4.78 is 0. The van der Waals surface area contributed by atoms with Crippen molar-refractivity contribution < 1.29 is 0 Å². The average molecular weight is 325 g/mol. The van der Waals surface area contributed by atoms with Crippen LogP contribution in [0.5, 0.6) is 0 Å². The molecule has 3 nitrogen and oxygen atoms in total. The Morgan fingerprint density at radius 2 is 2.04 bits per heavy atom. The SMILES string of the molecule is C=C(CCc1ccc(C)cc1)N(Cc1cccs1)C(=N)C=CN. The third-order valence-electron chi connectivity index (χ3n) is 3.64. The van der Waals surface area contributed by atoms with Gasteiger partial charge < -0.3 is 10.6 Å². The number of rotatable bonds is 7. The fraction of sp³-hybridized carbons (Fsp3) is 0.211. The molecule has 0 saturated carbocycles. The third-order valence-corrected chi connectivity index (χ3v) is 4.50. The van der Waals surface area contributed by atoms with Crippen LogP contribution in [0.25, 0.3) is 0 Å². The van der Waals surface area contributed by atoms with E-state index in [1.54, 1.807) is 17.4 Å². The minimum Gasteiger partial charge on any atom is -0.404 e. The highest BCUT2D eigenvalue weighted by molar-refractivity contribution is 7.09. The van der Waals surface area contributed by atoms with Crippen LogP contribution in [-0.4, -0.2) is 10.7 Å². The van der Waals surface area contributed by atoms with Gasteiger partial charge in [-0.3, -0.25) is 5.41 Å². The lowest BCUT2D eigenvalue weighted by Crippen LogP contribution is -2.27. The molecule has 23 heavy (non-hydrogen) atoms. The molecule has 3 N–H and O–H groups in total. The zero-order valence-electron chi connectivity index (χ0n) is 13.5. The van der Waals surface area contributed by atoms with Gasteiger partial charge in [0.1, 0.15) is 5.84 Å². The number of nitrogens with two attached hydrogens (primary N) is 1. The van der Waals surface area contributed by atoms with Crippen LogP contribution in [0.4, 0.5) is 0 Å². The summed E-state index contributed by atoms with van der Waals surface area (Å²) in [6.07, 6.45) is 4.73. The fourth-order valence-electron chi connectivity index (χ4n) is 2.29. The van der Waals surface area contributed by atoms with Crippen molar-refractivity contribution in [2.24, 2.45) is 5.73 Å². The molecule has 0 amide bonds. The number of amidine groups is 1. The van der Waals surface area contributed by atoms with E-state index in [0.29, 0.717) is 12.4 Å². The summed E-state index contributed by atoms with van der Waals surface area (Å²) in [5, 5.41) is 10.2. The highest BCUT2D eigenvalue weighted by atomic mass is 32.1. The maximum absolute atomic E-state index is 8.19. The second-order valence-electron chi connectivity index (χ2n) is 5.46. The molecule has 0 unspecified atom stereocenters. The molecule has 120 valence electrons. The Balaban J connectivity index is 2.03. The number of thiophene rings is 1. The van der Waals surface area contributed by atoms with Gasteiger partial charge in [0.2, 0.25) is 0 Å². The quantitative estimate of drug-likeness (QED) is 0.583. The van der Waals surface area contributed by atoms with Gasteiger partial charge >= 0.3 is 0 Å². The second kappa shape index (κ2) is 8.34. The number of allylic oxidation sites excluding steroid dienone is 1. The van der Waals surface area contributed by atoms with E-state index in [1.165, 1.54) is 22.2 Å². The van der Waals surface area contributed by atoms with Crippen LogP contribution in [0.1, 0.15) is 22.4 Å². The maximum Gasteiger partial charge on any atom is 0.126 e. The Hall–Kier alpha value is -2.33. The van der Waals surface area contributed by atoms with E-state index < -0.39 is 0 Å². The zero-order chi connectivity index (χ0) is 16.7. The van der Waals surface area contributed by atoms with Crippen LogP contribution < -0.4 is 5.73 Å². The molecule has 0 fully saturated rings. The van der Waals surface area contributed by atoms with Crippen LogP contribution in [0.2, 0.25) is 0 Å². The summed E-state index contributed by atoms with van der Waals surface area (Å²) in [6, 6.07) is 12.6. The molecule has 0 aliphatic heterocycles. The van der Waals surface area contributed by atoms with Crippen LogP contribution in [0.15, 0.2) is 66.3 Å². The summed E-state index contributed by atoms with van der Waals surface area (Å²) >= 11 is 1.69. The molecular weight excluding hydrogens is 302 g/mol. The maximum atomic E-state index is 8.19. The van der Waals surface area contributed by atoms with Crippen LogP contribution in [0.3, 0.4) is 0 Å². The predicted molar refractivity (Wildman–Crippen MR) is 99.6 cm³/mol. The summed E-state index contributed by atoms with van der Waals surface area (Å²) in [4.78, 5) is 3.13. The van der Waals surface area contributed by atoms with Gasteiger partial charge in [0, 0.05) is 10.6 Å². The zero-order valence-corrected chi connectivity index (χ0v) is 14.3. The van der Waals surface area contributed by atoms with Crippen molar-refractivity contribution in [2.45, 2.75) is 26.3 Å². The van der Waals surface area contributed by atoms with Gasteiger partial charge in [0.25, 0.3) is 0 Å². The fourth-order valence-corrected chi connectivity index (χ4v) is 2.98. The smallest absolute Gasteiger partial charge is 0.126 e. The van der Waals surface area contributed by atoms with Crippen molar-refractivity contribution in [1.29, 1.82) is 5.41 Å². The van der Waals surface area contributed by atoms with Crippen molar-refractivity contribution >= 4 is 17.2 Å². The normalized spacial score (nSPS) is 10.8. The van der Waals surface area contributed by atoms with Crippen molar-refractivity contribution in [3.05, 3.63) is 82.3 Å². The Kier molecular flexibility index (Phi) is 6.18. The highest BCUT2D eigenvalue weighted by Crippen LogP contribution is 2.19. The van der Waals surface area contributed by atoms with Gasteiger partial charge in [-0.1, -0.05) is 42.5 Å². The molecule has 4 heteroatoms. The lowest BCUT2D eigenvalue weighted by molar-refractivity contribution is 0.490. The van der Waals surface area contributed by atoms with Gasteiger partial charge in [-0.15, -0.1) is 11.3 Å². The molecule has 0 aliphatic carbocycles. The number of aryl methyl sites for hydroxylation is 2. The lowest BCUT2D eigenvalue weighted by Gasteiger charge is -2.25. The first kappa shape index (κ1) is 17.0. The van der Waals surface area contributed by atoms with Crippen molar-refractivity contribution in [3.8, 4) is 0 Å². The van der Waals surface area contributed by atoms with E-state index in [2.05, 4.69) is 43.8 Å². The predicted octanol–water partition coefficient (Wildman–Crippen LogP) is 4.45. The first-order valence-corrected chi connectivity index (χ1v) is 8.48. The minimum absolute atomic E-state index is 0.370. The number of hydrogen-bond donors (Lipinski definition) is 2. The number of hydrogen-bond acceptors (Lipinski definition) is 3. The average Bonchev–Trinajstić information content (AvgIpc) is 3.05. The van der Waals surface area contributed by atoms with Gasteiger partial charge in [-0.2, -0.15) is 0 Å². The molecule has 0 bridgehead atoms. The minimum atomic E-state index is 0.370. The lowest BCUT2D eigenvalue weighted by atomic mass is 10.1. The Labute approximate surface area is 142 Å². The summed E-state index contributed by atoms with van der Waals surface area (Å²) in [6.45, 7) is 6.94. The largest absolute Gasteiger partial charge is 0.404 e. The van der Waals surface area contributed by atoms with Crippen LogP contribution in [0, 0.1) is 12.3 Å². The van der Waals surface area contributed by atoms with E-state index in [4.69, 9.17) is 11.1 Å². The molecule has 1 heterocycles. The highest BCUT2D eigenvalue weighted by Gasteiger charge is 2.13. The molecule has 2 rings (SSSR count). The number of benzene rings is 1. The van der Waals surface area contributed by atoms with E-state index in [1.807, 2.05) is 16.3 Å². The Morgan fingerprint density at radius 3 is 2.65 bits per heavy atom. The number of nitrogens with one attached hydrogen (secondary N) is 1. The molecular formula is C19H23N3S. The molecule has 0 atom stereocenters. The van der Waals surface area contributed by atoms with Crippen LogP contribution >= 0.6 is 11.3 Å². The first-order chi connectivity index (χ1) is 11.1. The second-order valence-corrected chi connectivity index (χ2v) is 6.49. The molecule has 0 spiro atoms. The van der Waals surface area contributed by atoms with Crippen molar-refractivity contribution in [2.75, 3.05) is 0 Å². The van der Waals surface area contributed by atoms with Crippen molar-refractivity contribution in [1.82, 2.24) is 4.90 Å². The summed E-state index contributed by atoms with van der Waals surface area (Å²) in [7, 11) is 0. The van der Waals surface area contributed by atoms with E-state index in [9.17, 15) is 0 Å².